The predicted octanol–water partition coefficient (Wildman–Crippen LogP) is 7.46. The number of hydrogen-bond donors (Lipinski definition) is 0. The fourth-order valence-electron chi connectivity index (χ4n) is 2.09. The lowest BCUT2D eigenvalue weighted by molar-refractivity contribution is 0.589. The van der Waals surface area contributed by atoms with Gasteiger partial charge >= 0.3 is 0 Å². The van der Waals surface area contributed by atoms with Gasteiger partial charge in [-0.2, -0.15) is 0 Å². The molecule has 0 fully saturated rings. The number of benzene rings is 2. The van der Waals surface area contributed by atoms with Crippen molar-refractivity contribution in [2.75, 3.05) is 0 Å². The highest BCUT2D eigenvalue weighted by Crippen LogP contribution is 2.50. The second-order valence-electron chi connectivity index (χ2n) is 5.38. The molecule has 0 bridgehead atoms. The molecule has 0 aliphatic carbocycles. The standard InChI is InChI=1S/C16H12Br2I4O2S/c17-13-5-1-11(2-6-13)9-15(19,20)25(23,24)16(21,22)10-12-3-7-14(18)8-4-12/h1-8H,9-10H2. The van der Waals surface area contributed by atoms with Crippen LogP contribution >= 0.6 is 122 Å². The maximum atomic E-state index is 13.4. The summed E-state index contributed by atoms with van der Waals surface area (Å²) in [4.78, 5) is 0. The molecule has 0 spiro atoms. The van der Waals surface area contributed by atoms with Gasteiger partial charge in [-0.15, -0.1) is 0 Å². The Morgan fingerprint density at radius 2 is 0.960 bits per heavy atom. The van der Waals surface area contributed by atoms with Crippen LogP contribution in [0.1, 0.15) is 11.1 Å². The molecule has 0 aromatic heterocycles. The minimum Gasteiger partial charge on any atom is -0.224 e. The van der Waals surface area contributed by atoms with Crippen molar-refractivity contribution in [2.24, 2.45) is 0 Å². The predicted molar refractivity (Wildman–Crippen MR) is 146 cm³/mol. The van der Waals surface area contributed by atoms with Gasteiger partial charge in [0.2, 0.25) is 0 Å². The Kier molecular flexibility index (Phi) is 8.84. The third kappa shape index (κ3) is 6.12. The lowest BCUT2D eigenvalue weighted by Gasteiger charge is -2.30. The van der Waals surface area contributed by atoms with E-state index in [9.17, 15) is 8.42 Å². The normalized spacial score (nSPS) is 13.0. The van der Waals surface area contributed by atoms with Gasteiger partial charge in [-0.25, -0.2) is 8.42 Å². The Labute approximate surface area is 219 Å². The van der Waals surface area contributed by atoms with Gasteiger partial charge in [-0.3, -0.25) is 0 Å². The number of alkyl halides is 4. The molecular weight excluding hydrogens is 924 g/mol. The summed E-state index contributed by atoms with van der Waals surface area (Å²) in [6.45, 7) is 0. The maximum absolute atomic E-state index is 13.4. The molecule has 0 saturated carbocycles. The largest absolute Gasteiger partial charge is 0.224 e. The van der Waals surface area contributed by atoms with Gasteiger partial charge in [-0.1, -0.05) is 56.1 Å². The van der Waals surface area contributed by atoms with Crippen LogP contribution in [0.3, 0.4) is 0 Å². The van der Waals surface area contributed by atoms with Crippen molar-refractivity contribution in [3.63, 3.8) is 0 Å². The fourth-order valence-corrected chi connectivity index (χ4v) is 15.1. The number of hydrogen-bond acceptors (Lipinski definition) is 2. The third-order valence-corrected chi connectivity index (χ3v) is 14.8. The van der Waals surface area contributed by atoms with E-state index in [0.717, 1.165) is 20.1 Å². The first-order valence-corrected chi connectivity index (χ1v) is 14.3. The Morgan fingerprint density at radius 1 is 0.680 bits per heavy atom. The van der Waals surface area contributed by atoms with Gasteiger partial charge in [0.15, 0.2) is 11.4 Å². The summed E-state index contributed by atoms with van der Waals surface area (Å²) >= 11 is 15.1. The minimum absolute atomic E-state index is 0.456. The second-order valence-corrected chi connectivity index (χ2v) is 24.0. The zero-order chi connectivity index (χ0) is 18.9. The van der Waals surface area contributed by atoms with Gasteiger partial charge in [-0.05, 0) is 126 Å². The van der Waals surface area contributed by atoms with Crippen LogP contribution in [0.15, 0.2) is 57.5 Å². The highest BCUT2D eigenvalue weighted by atomic mass is 127. The van der Waals surface area contributed by atoms with Crippen LogP contribution in [0.4, 0.5) is 0 Å². The van der Waals surface area contributed by atoms with Crippen LogP contribution < -0.4 is 0 Å². The van der Waals surface area contributed by atoms with E-state index >= 15 is 0 Å². The maximum Gasteiger partial charge on any atom is 0.199 e. The monoisotopic (exact) mass is 934 g/mol. The number of sulfone groups is 1. The molecule has 2 rings (SSSR count). The summed E-state index contributed by atoms with van der Waals surface area (Å²) in [6, 6.07) is 15.6. The SMILES string of the molecule is O=S(=O)(C(I)(I)Cc1ccc(Br)cc1)C(I)(I)Cc1ccc(Br)cc1. The molecule has 0 unspecified atom stereocenters. The number of halogens is 6. The van der Waals surface area contributed by atoms with E-state index in [2.05, 4.69) is 122 Å². The van der Waals surface area contributed by atoms with Gasteiger partial charge < -0.3 is 0 Å². The van der Waals surface area contributed by atoms with Crippen molar-refractivity contribution in [1.29, 1.82) is 0 Å². The summed E-state index contributed by atoms with van der Waals surface area (Å²) in [5, 5.41) is 0. The fraction of sp³-hybridized carbons (Fsp3) is 0.250. The first-order chi connectivity index (χ1) is 11.4. The van der Waals surface area contributed by atoms with Crippen molar-refractivity contribution in [1.82, 2.24) is 0 Å². The summed E-state index contributed by atoms with van der Waals surface area (Å²) in [7, 11) is -3.43. The van der Waals surface area contributed by atoms with E-state index in [4.69, 9.17) is 0 Å². The first kappa shape index (κ1) is 23.5. The molecule has 2 nitrogen and oxygen atoms in total. The molecule has 0 heterocycles. The van der Waals surface area contributed by atoms with E-state index in [1.54, 1.807) is 0 Å². The van der Waals surface area contributed by atoms with Crippen LogP contribution in [0, 0.1) is 0 Å². The topological polar surface area (TPSA) is 34.1 Å². The molecule has 0 radical (unpaired) electrons. The van der Waals surface area contributed by atoms with Crippen molar-refractivity contribution < 1.29 is 8.42 Å². The van der Waals surface area contributed by atoms with Crippen LogP contribution in [-0.4, -0.2) is 9.94 Å². The lowest BCUT2D eigenvalue weighted by Crippen LogP contribution is -2.40. The van der Waals surface area contributed by atoms with Gasteiger partial charge in [0.05, 0.1) is 0 Å². The van der Waals surface area contributed by atoms with Crippen molar-refractivity contribution >= 4 is 132 Å². The molecule has 0 atom stereocenters. The van der Waals surface area contributed by atoms with Gasteiger partial charge in [0.1, 0.15) is 0 Å². The average molecular weight is 936 g/mol. The van der Waals surface area contributed by atoms with Crippen LogP contribution in [-0.2, 0) is 22.7 Å². The van der Waals surface area contributed by atoms with Crippen molar-refractivity contribution in [3.8, 4) is 0 Å². The molecule has 0 saturated heterocycles. The summed E-state index contributed by atoms with van der Waals surface area (Å²) in [6.07, 6.45) is 0.912. The molecular formula is C16H12Br2I4O2S. The quantitative estimate of drug-likeness (QED) is 0.223. The Bertz CT molecular complexity index is 770. The van der Waals surface area contributed by atoms with Gasteiger partial charge in [0, 0.05) is 21.8 Å². The molecule has 0 amide bonds. The minimum atomic E-state index is -3.43. The highest BCUT2D eigenvalue weighted by Gasteiger charge is 2.51. The second kappa shape index (κ2) is 9.39. The zero-order valence-corrected chi connectivity index (χ0v) is 25.1. The molecule has 2 aromatic rings. The molecule has 9 heteroatoms. The number of rotatable bonds is 6. The lowest BCUT2D eigenvalue weighted by atomic mass is 10.2. The molecule has 0 aliphatic rings. The molecule has 136 valence electrons. The Hall–Kier alpha value is 2.27. The molecule has 25 heavy (non-hydrogen) atoms. The molecule has 0 aliphatic heterocycles. The highest BCUT2D eigenvalue weighted by molar-refractivity contribution is 14.2. The molecule has 0 N–H and O–H groups in total. The zero-order valence-electron chi connectivity index (χ0n) is 12.5. The average Bonchev–Trinajstić information content (AvgIpc) is 2.51. The van der Waals surface area contributed by atoms with E-state index in [0.29, 0.717) is 12.8 Å². The van der Waals surface area contributed by atoms with E-state index < -0.39 is 11.4 Å². The van der Waals surface area contributed by atoms with Gasteiger partial charge in [0.25, 0.3) is 0 Å². The van der Waals surface area contributed by atoms with E-state index in [1.165, 1.54) is 0 Å². The Morgan fingerprint density at radius 3 is 1.24 bits per heavy atom. The van der Waals surface area contributed by atoms with Crippen molar-refractivity contribution in [3.05, 3.63) is 68.6 Å². The van der Waals surface area contributed by atoms with E-state index in [1.807, 2.05) is 48.5 Å². The first-order valence-electron chi connectivity index (χ1n) is 6.93. The van der Waals surface area contributed by atoms with Crippen molar-refractivity contribution in [2.45, 2.75) is 14.4 Å². The van der Waals surface area contributed by atoms with Crippen LogP contribution in [0.25, 0.3) is 0 Å². The Balaban J connectivity index is 2.26. The van der Waals surface area contributed by atoms with Crippen LogP contribution in [0.5, 0.6) is 0 Å². The summed E-state index contributed by atoms with van der Waals surface area (Å²) < 4.78 is 26.9. The van der Waals surface area contributed by atoms with Crippen LogP contribution in [0.2, 0.25) is 0 Å². The molecule has 2 aromatic carbocycles. The third-order valence-electron chi connectivity index (χ3n) is 3.43. The summed E-state index contributed by atoms with van der Waals surface area (Å²) in [5.74, 6) is 0. The van der Waals surface area contributed by atoms with E-state index in [-0.39, 0.29) is 0 Å². The smallest absolute Gasteiger partial charge is 0.199 e. The summed E-state index contributed by atoms with van der Waals surface area (Å²) in [5.41, 5.74) is 2.01.